The average molecular weight is 311 g/mol. The molecular weight excluding hydrogens is 286 g/mol. The fraction of sp³-hybridized carbons (Fsp3) is 0.350. The maximum absolute atomic E-state index is 12.0. The van der Waals surface area contributed by atoms with E-state index in [1.54, 1.807) is 19.0 Å². The van der Waals surface area contributed by atoms with Crippen molar-refractivity contribution in [3.05, 3.63) is 65.7 Å². The van der Waals surface area contributed by atoms with Crippen LogP contribution in [0.25, 0.3) is 0 Å². The lowest BCUT2D eigenvalue weighted by molar-refractivity contribution is -0.129. The maximum Gasteiger partial charge on any atom is 0.222 e. The van der Waals surface area contributed by atoms with Gasteiger partial charge in [-0.3, -0.25) is 4.79 Å². The fourth-order valence-corrected chi connectivity index (χ4v) is 2.49. The largest absolute Gasteiger partial charge is 0.489 e. The van der Waals surface area contributed by atoms with Crippen LogP contribution >= 0.6 is 0 Å². The van der Waals surface area contributed by atoms with Crippen LogP contribution < -0.4 is 4.74 Å². The van der Waals surface area contributed by atoms with Crippen molar-refractivity contribution in [2.75, 3.05) is 14.1 Å². The van der Waals surface area contributed by atoms with E-state index in [1.165, 1.54) is 0 Å². The van der Waals surface area contributed by atoms with Crippen molar-refractivity contribution in [1.29, 1.82) is 0 Å². The van der Waals surface area contributed by atoms with Crippen LogP contribution in [0.5, 0.6) is 5.75 Å². The first-order valence-electron chi connectivity index (χ1n) is 8.07. The number of hydrogen-bond donors (Lipinski definition) is 0. The molecule has 0 bridgehead atoms. The summed E-state index contributed by atoms with van der Waals surface area (Å²) in [6.07, 6.45) is 1.47. The summed E-state index contributed by atoms with van der Waals surface area (Å²) < 4.78 is 5.88. The lowest BCUT2D eigenvalue weighted by Crippen LogP contribution is -2.23. The molecule has 0 spiro atoms. The number of carbonyl (C=O) groups excluding carboxylic acids is 1. The van der Waals surface area contributed by atoms with Crippen LogP contribution in [0.15, 0.2) is 54.6 Å². The molecule has 2 aromatic rings. The van der Waals surface area contributed by atoms with Gasteiger partial charge in [-0.1, -0.05) is 49.4 Å². The fourth-order valence-electron chi connectivity index (χ4n) is 2.49. The highest BCUT2D eigenvalue weighted by molar-refractivity contribution is 5.76. The molecule has 0 heterocycles. The Morgan fingerprint density at radius 3 is 2.48 bits per heavy atom. The van der Waals surface area contributed by atoms with E-state index in [-0.39, 0.29) is 11.8 Å². The maximum atomic E-state index is 12.0. The topological polar surface area (TPSA) is 29.5 Å². The number of carbonyl (C=O) groups is 1. The van der Waals surface area contributed by atoms with E-state index in [4.69, 9.17) is 4.74 Å². The molecule has 3 nitrogen and oxygen atoms in total. The molecule has 0 unspecified atom stereocenters. The summed E-state index contributed by atoms with van der Waals surface area (Å²) in [5, 5.41) is 0. The Morgan fingerprint density at radius 2 is 1.83 bits per heavy atom. The van der Waals surface area contributed by atoms with Gasteiger partial charge in [0.05, 0.1) is 0 Å². The summed E-state index contributed by atoms with van der Waals surface area (Å²) in [7, 11) is 3.60. The van der Waals surface area contributed by atoms with Crippen molar-refractivity contribution in [1.82, 2.24) is 4.90 Å². The highest BCUT2D eigenvalue weighted by Crippen LogP contribution is 2.27. The van der Waals surface area contributed by atoms with Crippen LogP contribution in [0, 0.1) is 0 Å². The molecule has 0 fully saturated rings. The SMILES string of the molecule is CC[C@H](CC(=O)N(C)C)c1cccc(OCc2ccccc2)c1. The van der Waals surface area contributed by atoms with E-state index in [0.29, 0.717) is 13.0 Å². The Kier molecular flexibility index (Phi) is 6.21. The normalized spacial score (nSPS) is 11.8. The number of ether oxygens (including phenoxy) is 1. The zero-order chi connectivity index (χ0) is 16.7. The minimum atomic E-state index is 0.160. The summed E-state index contributed by atoms with van der Waals surface area (Å²) in [5.41, 5.74) is 2.31. The van der Waals surface area contributed by atoms with Crippen LogP contribution in [0.4, 0.5) is 0 Å². The zero-order valence-corrected chi connectivity index (χ0v) is 14.2. The second-order valence-electron chi connectivity index (χ2n) is 5.94. The van der Waals surface area contributed by atoms with Crippen LogP contribution in [0.2, 0.25) is 0 Å². The molecule has 0 saturated carbocycles. The van der Waals surface area contributed by atoms with Crippen LogP contribution in [0.1, 0.15) is 36.8 Å². The molecule has 0 saturated heterocycles. The molecule has 0 radical (unpaired) electrons. The van der Waals surface area contributed by atoms with Gasteiger partial charge in [0.1, 0.15) is 12.4 Å². The van der Waals surface area contributed by atoms with Gasteiger partial charge in [-0.2, -0.15) is 0 Å². The molecule has 2 rings (SSSR count). The van der Waals surface area contributed by atoms with Crippen LogP contribution in [-0.4, -0.2) is 24.9 Å². The predicted molar refractivity (Wildman–Crippen MR) is 93.6 cm³/mol. The quantitative estimate of drug-likeness (QED) is 0.765. The van der Waals surface area contributed by atoms with Gasteiger partial charge in [-0.15, -0.1) is 0 Å². The molecule has 23 heavy (non-hydrogen) atoms. The first-order chi connectivity index (χ1) is 11.1. The summed E-state index contributed by atoms with van der Waals surface area (Å²) in [6.45, 7) is 2.67. The van der Waals surface area contributed by atoms with Gasteiger partial charge in [0.25, 0.3) is 0 Å². The lowest BCUT2D eigenvalue weighted by Gasteiger charge is -2.18. The first-order valence-corrected chi connectivity index (χ1v) is 8.07. The molecular formula is C20H25NO2. The van der Waals surface area contributed by atoms with Crippen molar-refractivity contribution in [2.45, 2.75) is 32.3 Å². The van der Waals surface area contributed by atoms with Gasteiger partial charge >= 0.3 is 0 Å². The van der Waals surface area contributed by atoms with Crippen molar-refractivity contribution in [2.24, 2.45) is 0 Å². The Morgan fingerprint density at radius 1 is 1.09 bits per heavy atom. The second kappa shape index (κ2) is 8.37. The molecule has 0 N–H and O–H groups in total. The van der Waals surface area contributed by atoms with E-state index in [0.717, 1.165) is 23.3 Å². The standard InChI is InChI=1S/C20H25NO2/c1-4-17(14-20(22)21(2)3)18-11-8-12-19(13-18)23-15-16-9-6-5-7-10-16/h5-13,17H,4,14-15H2,1-3H3/t17-/m1/s1. The minimum absolute atomic E-state index is 0.160. The number of rotatable bonds is 7. The van der Waals surface area contributed by atoms with Gasteiger partial charge in [-0.05, 0) is 35.6 Å². The monoisotopic (exact) mass is 311 g/mol. The van der Waals surface area contributed by atoms with Gasteiger partial charge in [0.15, 0.2) is 0 Å². The van der Waals surface area contributed by atoms with E-state index in [9.17, 15) is 4.79 Å². The smallest absolute Gasteiger partial charge is 0.222 e. The third-order valence-corrected chi connectivity index (χ3v) is 3.99. The van der Waals surface area contributed by atoms with Gasteiger partial charge in [0.2, 0.25) is 5.91 Å². The van der Waals surface area contributed by atoms with Crippen LogP contribution in [0.3, 0.4) is 0 Å². The lowest BCUT2D eigenvalue weighted by atomic mass is 9.92. The first kappa shape index (κ1) is 17.1. The molecule has 0 aliphatic heterocycles. The Hall–Kier alpha value is -2.29. The average Bonchev–Trinajstić information content (AvgIpc) is 2.58. The van der Waals surface area contributed by atoms with E-state index in [2.05, 4.69) is 31.2 Å². The molecule has 0 aromatic heterocycles. The number of hydrogen-bond acceptors (Lipinski definition) is 2. The van der Waals surface area contributed by atoms with Crippen molar-refractivity contribution >= 4 is 5.91 Å². The number of benzene rings is 2. The predicted octanol–water partition coefficient (Wildman–Crippen LogP) is 4.24. The van der Waals surface area contributed by atoms with Crippen molar-refractivity contribution in [3.8, 4) is 5.75 Å². The molecule has 122 valence electrons. The molecule has 0 aliphatic carbocycles. The third-order valence-electron chi connectivity index (χ3n) is 3.99. The highest BCUT2D eigenvalue weighted by Gasteiger charge is 2.16. The van der Waals surface area contributed by atoms with E-state index < -0.39 is 0 Å². The second-order valence-corrected chi connectivity index (χ2v) is 5.94. The van der Waals surface area contributed by atoms with E-state index >= 15 is 0 Å². The number of amides is 1. The highest BCUT2D eigenvalue weighted by atomic mass is 16.5. The summed E-state index contributed by atoms with van der Waals surface area (Å²) in [4.78, 5) is 13.6. The minimum Gasteiger partial charge on any atom is -0.489 e. The van der Waals surface area contributed by atoms with E-state index in [1.807, 2.05) is 30.3 Å². The zero-order valence-electron chi connectivity index (χ0n) is 14.2. The van der Waals surface area contributed by atoms with Gasteiger partial charge < -0.3 is 9.64 Å². The summed E-state index contributed by atoms with van der Waals surface area (Å²) >= 11 is 0. The summed E-state index contributed by atoms with van der Waals surface area (Å²) in [6, 6.07) is 18.2. The number of nitrogens with zero attached hydrogens (tertiary/aromatic N) is 1. The third kappa shape index (κ3) is 5.13. The van der Waals surface area contributed by atoms with Crippen molar-refractivity contribution < 1.29 is 9.53 Å². The Labute approximate surface area is 138 Å². The van der Waals surface area contributed by atoms with Gasteiger partial charge in [0, 0.05) is 20.5 Å². The Bertz CT molecular complexity index is 623. The van der Waals surface area contributed by atoms with Gasteiger partial charge in [-0.25, -0.2) is 0 Å². The summed E-state index contributed by atoms with van der Waals surface area (Å²) in [5.74, 6) is 1.24. The van der Waals surface area contributed by atoms with Crippen molar-refractivity contribution in [3.63, 3.8) is 0 Å². The molecule has 0 aliphatic rings. The Balaban J connectivity index is 2.04. The molecule has 3 heteroatoms. The molecule has 1 atom stereocenters. The molecule has 1 amide bonds. The van der Waals surface area contributed by atoms with Crippen LogP contribution in [-0.2, 0) is 11.4 Å². The molecule has 2 aromatic carbocycles.